The van der Waals surface area contributed by atoms with Crippen molar-refractivity contribution >= 4 is 11.5 Å². The van der Waals surface area contributed by atoms with Gasteiger partial charge in [0.1, 0.15) is 5.82 Å². The van der Waals surface area contributed by atoms with Gasteiger partial charge in [0.15, 0.2) is 0 Å². The number of anilines is 2. The number of piperidine rings is 1. The van der Waals surface area contributed by atoms with Crippen LogP contribution in [-0.4, -0.2) is 30.8 Å². The number of pyridine rings is 1. The lowest BCUT2D eigenvalue weighted by Crippen LogP contribution is -2.39. The Kier molecular flexibility index (Phi) is 4.20. The van der Waals surface area contributed by atoms with Gasteiger partial charge in [-0.3, -0.25) is 0 Å². The number of ether oxygens (including phenoxy) is 1. The highest BCUT2D eigenvalue weighted by atomic mass is 16.5. The monoisotopic (exact) mass is 235 g/mol. The fourth-order valence-corrected chi connectivity index (χ4v) is 2.23. The summed E-state index contributed by atoms with van der Waals surface area (Å²) in [5.74, 6) is 0.583. The van der Waals surface area contributed by atoms with E-state index in [2.05, 4.69) is 16.8 Å². The summed E-state index contributed by atoms with van der Waals surface area (Å²) in [6, 6.07) is 3.95. The molecule has 0 amide bonds. The molecular formula is C13H21N3O. The maximum absolute atomic E-state index is 5.83. The van der Waals surface area contributed by atoms with E-state index in [0.29, 0.717) is 11.9 Å². The second-order valence-corrected chi connectivity index (χ2v) is 4.52. The van der Waals surface area contributed by atoms with Gasteiger partial charge >= 0.3 is 0 Å². The Balaban J connectivity index is 1.97. The Labute approximate surface area is 103 Å². The number of rotatable bonds is 4. The van der Waals surface area contributed by atoms with Crippen molar-refractivity contribution in [3.05, 3.63) is 18.3 Å². The molecule has 2 rings (SSSR count). The molecule has 0 saturated carbocycles. The minimum atomic E-state index is 0.359. The molecule has 4 heteroatoms. The van der Waals surface area contributed by atoms with Gasteiger partial charge in [-0.25, -0.2) is 4.98 Å². The Hall–Kier alpha value is -1.29. The molecule has 0 aromatic carbocycles. The molecule has 1 unspecified atom stereocenters. The van der Waals surface area contributed by atoms with Crippen molar-refractivity contribution in [1.82, 2.24) is 4.98 Å². The third-order valence-corrected chi connectivity index (χ3v) is 3.07. The molecule has 0 spiro atoms. The number of aromatic nitrogens is 1. The van der Waals surface area contributed by atoms with E-state index in [1.54, 1.807) is 6.20 Å². The van der Waals surface area contributed by atoms with E-state index in [0.717, 1.165) is 38.2 Å². The smallest absolute Gasteiger partial charge is 0.125 e. The number of nitrogens with two attached hydrogens (primary N) is 1. The molecule has 2 heterocycles. The van der Waals surface area contributed by atoms with Crippen molar-refractivity contribution in [2.75, 3.05) is 30.3 Å². The van der Waals surface area contributed by atoms with Gasteiger partial charge in [0.25, 0.3) is 0 Å². The largest absolute Gasteiger partial charge is 0.384 e. The third kappa shape index (κ3) is 3.33. The maximum atomic E-state index is 5.83. The molecule has 1 aliphatic heterocycles. The lowest BCUT2D eigenvalue weighted by Gasteiger charge is -2.34. The third-order valence-electron chi connectivity index (χ3n) is 3.07. The number of hydrogen-bond donors (Lipinski definition) is 1. The molecule has 1 aliphatic rings. The molecule has 1 atom stereocenters. The lowest BCUT2D eigenvalue weighted by molar-refractivity contribution is 0.0440. The zero-order chi connectivity index (χ0) is 12.1. The predicted octanol–water partition coefficient (Wildman–Crippen LogP) is 2.06. The van der Waals surface area contributed by atoms with Crippen LogP contribution in [0.3, 0.4) is 0 Å². The minimum Gasteiger partial charge on any atom is -0.384 e. The van der Waals surface area contributed by atoms with E-state index in [1.807, 2.05) is 12.1 Å². The van der Waals surface area contributed by atoms with Gasteiger partial charge < -0.3 is 15.4 Å². The summed E-state index contributed by atoms with van der Waals surface area (Å²) in [6.45, 7) is 5.04. The summed E-state index contributed by atoms with van der Waals surface area (Å²) in [4.78, 5) is 6.36. The van der Waals surface area contributed by atoms with Crippen molar-refractivity contribution in [2.45, 2.75) is 32.3 Å². The van der Waals surface area contributed by atoms with Crippen molar-refractivity contribution in [2.24, 2.45) is 0 Å². The summed E-state index contributed by atoms with van der Waals surface area (Å²) in [5.41, 5.74) is 6.87. The number of nitrogen functional groups attached to an aromatic ring is 1. The van der Waals surface area contributed by atoms with E-state index in [1.165, 1.54) is 6.42 Å². The first-order chi connectivity index (χ1) is 8.29. The van der Waals surface area contributed by atoms with Gasteiger partial charge in [-0.15, -0.1) is 0 Å². The molecule has 1 fully saturated rings. The van der Waals surface area contributed by atoms with Gasteiger partial charge in [0.05, 0.1) is 6.10 Å². The Morgan fingerprint density at radius 1 is 1.59 bits per heavy atom. The first-order valence-electron chi connectivity index (χ1n) is 6.37. The average molecular weight is 235 g/mol. The summed E-state index contributed by atoms with van der Waals surface area (Å²) in [5, 5.41) is 0. The van der Waals surface area contributed by atoms with E-state index in [-0.39, 0.29) is 0 Å². The van der Waals surface area contributed by atoms with Crippen LogP contribution in [0.15, 0.2) is 18.3 Å². The molecular weight excluding hydrogens is 214 g/mol. The highest BCUT2D eigenvalue weighted by molar-refractivity contribution is 5.52. The second-order valence-electron chi connectivity index (χ2n) is 4.52. The second kappa shape index (κ2) is 5.87. The highest BCUT2D eigenvalue weighted by Crippen LogP contribution is 2.22. The molecule has 2 N–H and O–H groups in total. The van der Waals surface area contributed by atoms with Gasteiger partial charge in [-0.2, -0.15) is 0 Å². The van der Waals surface area contributed by atoms with Crippen molar-refractivity contribution in [1.29, 1.82) is 0 Å². The van der Waals surface area contributed by atoms with Gasteiger partial charge in [0, 0.05) is 37.6 Å². The van der Waals surface area contributed by atoms with E-state index >= 15 is 0 Å². The minimum absolute atomic E-state index is 0.359. The topological polar surface area (TPSA) is 51.4 Å². The zero-order valence-electron chi connectivity index (χ0n) is 10.4. The van der Waals surface area contributed by atoms with Gasteiger partial charge in [0.2, 0.25) is 0 Å². The summed E-state index contributed by atoms with van der Waals surface area (Å²) in [6.07, 6.45) is 5.55. The summed E-state index contributed by atoms with van der Waals surface area (Å²) < 4.78 is 5.83. The predicted molar refractivity (Wildman–Crippen MR) is 70.1 cm³/mol. The van der Waals surface area contributed by atoms with Crippen LogP contribution >= 0.6 is 0 Å². The van der Waals surface area contributed by atoms with Crippen LogP contribution in [0.4, 0.5) is 11.5 Å². The quantitative estimate of drug-likeness (QED) is 0.868. The van der Waals surface area contributed by atoms with Crippen molar-refractivity contribution in [3.63, 3.8) is 0 Å². The molecule has 1 aromatic heterocycles. The summed E-state index contributed by atoms with van der Waals surface area (Å²) >= 11 is 0. The van der Waals surface area contributed by atoms with Crippen LogP contribution in [0.5, 0.6) is 0 Å². The first-order valence-corrected chi connectivity index (χ1v) is 6.37. The van der Waals surface area contributed by atoms with Gasteiger partial charge in [-0.05, 0) is 25.3 Å². The number of nitrogens with zero attached hydrogens (tertiary/aromatic N) is 2. The zero-order valence-corrected chi connectivity index (χ0v) is 10.4. The van der Waals surface area contributed by atoms with Gasteiger partial charge in [-0.1, -0.05) is 6.92 Å². The average Bonchev–Trinajstić information content (AvgIpc) is 2.37. The lowest BCUT2D eigenvalue weighted by atomic mass is 10.1. The van der Waals surface area contributed by atoms with Crippen LogP contribution < -0.4 is 10.6 Å². The van der Waals surface area contributed by atoms with Crippen molar-refractivity contribution < 1.29 is 4.74 Å². The fraction of sp³-hybridized carbons (Fsp3) is 0.615. The SMILES string of the molecule is CCCOC1CCCN(c2ccnc(N)c2)C1. The standard InChI is InChI=1S/C13H21N3O/c1-2-8-17-12-4-3-7-16(10-12)11-5-6-15-13(14)9-11/h5-6,9,12H,2-4,7-8,10H2,1H3,(H2,14,15). The molecule has 94 valence electrons. The molecule has 1 aromatic rings. The summed E-state index contributed by atoms with van der Waals surface area (Å²) in [7, 11) is 0. The Morgan fingerprint density at radius 2 is 2.47 bits per heavy atom. The molecule has 17 heavy (non-hydrogen) atoms. The number of hydrogen-bond acceptors (Lipinski definition) is 4. The molecule has 1 saturated heterocycles. The fourth-order valence-electron chi connectivity index (χ4n) is 2.23. The van der Waals surface area contributed by atoms with Crippen molar-refractivity contribution in [3.8, 4) is 0 Å². The highest BCUT2D eigenvalue weighted by Gasteiger charge is 2.20. The molecule has 4 nitrogen and oxygen atoms in total. The molecule has 0 bridgehead atoms. The Morgan fingerprint density at radius 3 is 3.24 bits per heavy atom. The normalized spacial score (nSPS) is 20.5. The van der Waals surface area contributed by atoms with Crippen LogP contribution in [0.1, 0.15) is 26.2 Å². The van der Waals surface area contributed by atoms with Crippen LogP contribution in [0.25, 0.3) is 0 Å². The van der Waals surface area contributed by atoms with E-state index in [9.17, 15) is 0 Å². The van der Waals surface area contributed by atoms with E-state index < -0.39 is 0 Å². The first kappa shape index (κ1) is 12.2. The van der Waals surface area contributed by atoms with Crippen LogP contribution in [0, 0.1) is 0 Å². The Bertz CT molecular complexity index is 356. The van der Waals surface area contributed by atoms with Crippen LogP contribution in [0.2, 0.25) is 0 Å². The van der Waals surface area contributed by atoms with E-state index in [4.69, 9.17) is 10.5 Å². The molecule has 0 aliphatic carbocycles. The van der Waals surface area contributed by atoms with Crippen LogP contribution in [-0.2, 0) is 4.74 Å². The molecule has 0 radical (unpaired) electrons. The maximum Gasteiger partial charge on any atom is 0.125 e.